The standard InChI is InChI=1S/C40H76N2O12.C11H11ClN2S/c1-15-17-41(12)28-18-23(4)50-37(31(28)43)54-35-24(5)32(53-30-20-39(10,49-14)34(45)27(8)51-30)25(6)36(46)52-29(16-2)40(11,48)33(44)26(7)42(13)21-22(3)19-38(35,9)47;1-8-7-15-11(14-8)13-6-9-2-4-10(12)5-3-9/h22-35,37,43-45,47-48H,15-21H2,1-14H3;2-5,7H,6H2,1H3,(H,13,14)/t22-,23-,24+,25-,26-,27+,28+,29-,30+,31-,32+,33-,34+,35-,37+,38-,39-,40-;/m1./s1. The number of aromatic nitrogens is 1. The number of benzene rings is 1. The molecule has 6 N–H and O–H groups in total. The molecule has 3 fully saturated rings. The summed E-state index contributed by atoms with van der Waals surface area (Å²) in [6.45, 7) is 23.8. The number of halogens is 1. The van der Waals surface area contributed by atoms with Crippen molar-refractivity contribution in [3.05, 3.63) is 45.9 Å². The number of hydrogen-bond acceptors (Lipinski definition) is 17. The van der Waals surface area contributed by atoms with Crippen LogP contribution < -0.4 is 5.32 Å². The van der Waals surface area contributed by atoms with Gasteiger partial charge in [0.25, 0.3) is 0 Å². The summed E-state index contributed by atoms with van der Waals surface area (Å²) in [6.07, 6.45) is -7.26. The maximum atomic E-state index is 14.3. The summed E-state index contributed by atoms with van der Waals surface area (Å²) in [5.74, 6) is -2.58. The number of nitrogens with zero attached hydrogens (tertiary/aromatic N) is 3. The lowest BCUT2D eigenvalue weighted by Gasteiger charge is -2.49. The molecule has 69 heavy (non-hydrogen) atoms. The largest absolute Gasteiger partial charge is 0.459 e. The van der Waals surface area contributed by atoms with Crippen LogP contribution >= 0.6 is 22.9 Å². The van der Waals surface area contributed by atoms with E-state index in [0.29, 0.717) is 13.0 Å². The van der Waals surface area contributed by atoms with Crippen LogP contribution in [0, 0.1) is 24.7 Å². The van der Waals surface area contributed by atoms with E-state index in [-0.39, 0.29) is 37.3 Å². The average Bonchev–Trinajstić information content (AvgIpc) is 3.71. The summed E-state index contributed by atoms with van der Waals surface area (Å²) in [4.78, 5) is 22.6. The number of ether oxygens (including phenoxy) is 6. The first-order valence-corrected chi connectivity index (χ1v) is 26.1. The van der Waals surface area contributed by atoms with Gasteiger partial charge in [0.15, 0.2) is 17.7 Å². The number of esters is 1. The normalized spacial score (nSPS) is 40.0. The van der Waals surface area contributed by atoms with Gasteiger partial charge >= 0.3 is 5.97 Å². The third-order valence-electron chi connectivity index (χ3n) is 14.7. The highest BCUT2D eigenvalue weighted by Crippen LogP contribution is 2.40. The first kappa shape index (κ1) is 59.5. The van der Waals surface area contributed by atoms with Crippen molar-refractivity contribution in [2.24, 2.45) is 17.8 Å². The number of thiazole rings is 1. The minimum Gasteiger partial charge on any atom is -0.459 e. The number of likely N-dealkylation sites (N-methyl/N-ethyl adjacent to an activating group) is 2. The van der Waals surface area contributed by atoms with Gasteiger partial charge in [-0.25, -0.2) is 4.98 Å². The van der Waals surface area contributed by atoms with Crippen LogP contribution in [-0.2, 0) is 39.8 Å². The SMILES string of the molecule is CCCN(C)[C@H]1C[C@@H](C)O[C@@H](O[C@@H]2[C@@H](C)[C@H](O[C@H]3C[C@@](C)(OC)[C@@H](O)[C@H](C)O3)[C@@H](C)C(=O)O[C@H](CC)[C@@](C)(O)[C@H](O)[C@@H](C)N(C)C[C@H](C)C[C@@]2(C)O)[C@@H]1O.Cc1csc(NCc2ccc(Cl)cc2)n1. The summed E-state index contributed by atoms with van der Waals surface area (Å²) in [7, 11) is 5.33. The number of aliphatic hydroxyl groups excluding tert-OH is 3. The first-order chi connectivity index (χ1) is 32.2. The molecule has 1 aromatic carbocycles. The van der Waals surface area contributed by atoms with Gasteiger partial charge in [0, 0.05) is 55.0 Å². The number of carbonyl (C=O) groups is 1. The Bertz CT molecular complexity index is 1860. The molecule has 0 radical (unpaired) electrons. The molecule has 18 atom stereocenters. The molecule has 396 valence electrons. The monoisotopic (exact) mass is 1010 g/mol. The van der Waals surface area contributed by atoms with Gasteiger partial charge in [-0.15, -0.1) is 11.3 Å². The molecule has 0 aliphatic carbocycles. The summed E-state index contributed by atoms with van der Waals surface area (Å²) in [5, 5.41) is 65.6. The summed E-state index contributed by atoms with van der Waals surface area (Å²) < 4.78 is 37.8. The topological polar surface area (TPSA) is 205 Å². The Morgan fingerprint density at radius 1 is 0.986 bits per heavy atom. The van der Waals surface area contributed by atoms with Gasteiger partial charge in [-0.05, 0) is 125 Å². The van der Waals surface area contributed by atoms with Crippen LogP contribution in [0.2, 0.25) is 5.02 Å². The molecule has 3 aliphatic heterocycles. The minimum absolute atomic E-state index is 0.134. The molecule has 0 spiro atoms. The smallest absolute Gasteiger partial charge is 0.311 e. The predicted molar refractivity (Wildman–Crippen MR) is 269 cm³/mol. The van der Waals surface area contributed by atoms with E-state index in [4.69, 9.17) is 40.0 Å². The number of aryl methyl sites for hydroxylation is 1. The van der Waals surface area contributed by atoms with Crippen LogP contribution in [-0.4, -0.2) is 171 Å². The molecule has 3 aliphatic rings. The van der Waals surface area contributed by atoms with Crippen molar-refractivity contribution >= 4 is 34.0 Å². The van der Waals surface area contributed by atoms with Crippen LogP contribution in [0.25, 0.3) is 0 Å². The zero-order valence-corrected chi connectivity index (χ0v) is 45.5. The second-order valence-corrected chi connectivity index (χ2v) is 22.3. The van der Waals surface area contributed by atoms with Crippen LogP contribution in [0.4, 0.5) is 5.13 Å². The Kier molecular flexibility index (Phi) is 22.2. The van der Waals surface area contributed by atoms with Crippen LogP contribution in [0.5, 0.6) is 0 Å². The highest BCUT2D eigenvalue weighted by molar-refractivity contribution is 7.13. The Morgan fingerprint density at radius 3 is 2.22 bits per heavy atom. The van der Waals surface area contributed by atoms with E-state index in [1.165, 1.54) is 19.6 Å². The lowest BCUT2D eigenvalue weighted by molar-refractivity contribution is -0.318. The first-order valence-electron chi connectivity index (χ1n) is 24.9. The third-order valence-corrected chi connectivity index (χ3v) is 15.8. The fraction of sp³-hybridized carbons (Fsp3) is 0.804. The van der Waals surface area contributed by atoms with Crippen molar-refractivity contribution in [2.75, 3.05) is 39.6 Å². The number of carbonyl (C=O) groups excluding carboxylic acids is 1. The van der Waals surface area contributed by atoms with Crippen molar-refractivity contribution in [3.8, 4) is 0 Å². The second kappa shape index (κ2) is 25.7. The van der Waals surface area contributed by atoms with Gasteiger partial charge in [0.05, 0.1) is 47.2 Å². The molecule has 18 heteroatoms. The van der Waals surface area contributed by atoms with Crippen molar-refractivity contribution < 1.29 is 58.7 Å². The van der Waals surface area contributed by atoms with Crippen molar-refractivity contribution in [2.45, 2.75) is 212 Å². The van der Waals surface area contributed by atoms with Gasteiger partial charge in [-0.2, -0.15) is 0 Å². The van der Waals surface area contributed by atoms with Crippen molar-refractivity contribution in [3.63, 3.8) is 0 Å². The fourth-order valence-corrected chi connectivity index (χ4v) is 11.2. The van der Waals surface area contributed by atoms with Crippen molar-refractivity contribution in [1.82, 2.24) is 14.8 Å². The van der Waals surface area contributed by atoms with E-state index in [1.54, 1.807) is 46.0 Å². The quantitative estimate of drug-likeness (QED) is 0.127. The molecule has 2 aromatic rings. The van der Waals surface area contributed by atoms with Gasteiger partial charge in [-0.1, -0.05) is 51.4 Å². The Labute approximate surface area is 421 Å². The van der Waals surface area contributed by atoms with Gasteiger partial charge < -0.3 is 69.1 Å². The maximum Gasteiger partial charge on any atom is 0.311 e. The van der Waals surface area contributed by atoms with Crippen LogP contribution in [0.1, 0.15) is 120 Å². The highest BCUT2D eigenvalue weighted by atomic mass is 35.5. The van der Waals surface area contributed by atoms with E-state index in [9.17, 15) is 30.3 Å². The van der Waals surface area contributed by atoms with E-state index < -0.39 is 96.0 Å². The zero-order valence-electron chi connectivity index (χ0n) is 43.9. The molecule has 5 rings (SSSR count). The van der Waals surface area contributed by atoms with E-state index >= 15 is 0 Å². The molecule has 0 saturated carbocycles. The molecule has 0 bridgehead atoms. The number of nitrogens with one attached hydrogen (secondary N) is 1. The van der Waals surface area contributed by atoms with E-state index in [2.05, 4.69) is 22.1 Å². The Morgan fingerprint density at radius 2 is 1.64 bits per heavy atom. The second-order valence-electron chi connectivity index (χ2n) is 21.0. The highest BCUT2D eigenvalue weighted by Gasteiger charge is 2.53. The Hall–Kier alpha value is -2.07. The zero-order chi connectivity index (χ0) is 51.8. The van der Waals surface area contributed by atoms with Gasteiger partial charge in [0.1, 0.15) is 30.0 Å². The third kappa shape index (κ3) is 15.5. The summed E-state index contributed by atoms with van der Waals surface area (Å²) >= 11 is 7.43. The molecule has 16 nitrogen and oxygen atoms in total. The maximum absolute atomic E-state index is 14.3. The number of rotatable bonds is 12. The molecule has 1 aromatic heterocycles. The lowest BCUT2D eigenvalue weighted by atomic mass is 9.77. The number of methoxy groups -OCH3 is 1. The fourth-order valence-electron chi connectivity index (χ4n) is 10.4. The molecule has 3 saturated heterocycles. The average molecular weight is 1020 g/mol. The van der Waals surface area contributed by atoms with Crippen LogP contribution in [0.3, 0.4) is 0 Å². The predicted octanol–water partition coefficient (Wildman–Crippen LogP) is 6.40. The number of cyclic esters (lactones) is 1. The Balaban J connectivity index is 0.000000580. The number of anilines is 1. The van der Waals surface area contributed by atoms with E-state index in [1.807, 2.05) is 83.3 Å². The van der Waals surface area contributed by atoms with Crippen molar-refractivity contribution in [1.29, 1.82) is 0 Å². The number of hydrogen-bond donors (Lipinski definition) is 6. The van der Waals surface area contributed by atoms with Gasteiger partial charge in [-0.3, -0.25) is 4.79 Å². The molecule has 0 amide bonds. The minimum atomic E-state index is -1.80. The van der Waals surface area contributed by atoms with Crippen LogP contribution in [0.15, 0.2) is 29.6 Å². The lowest BCUT2D eigenvalue weighted by Crippen LogP contribution is -2.60. The molecular weight excluding hydrogens is 928 g/mol. The number of aliphatic hydroxyl groups is 5. The molecular formula is C51H87ClN4O12S. The van der Waals surface area contributed by atoms with E-state index in [0.717, 1.165) is 35.4 Å². The summed E-state index contributed by atoms with van der Waals surface area (Å²) in [5.41, 5.74) is -2.12. The summed E-state index contributed by atoms with van der Waals surface area (Å²) in [6, 6.07) is 7.02. The molecule has 0 unspecified atom stereocenters. The molecule has 4 heterocycles. The van der Waals surface area contributed by atoms with Gasteiger partial charge in [0.2, 0.25) is 0 Å².